The van der Waals surface area contributed by atoms with Crippen molar-refractivity contribution in [3.8, 4) is 5.75 Å². The van der Waals surface area contributed by atoms with E-state index in [1.54, 1.807) is 23.1 Å². The van der Waals surface area contributed by atoms with Crippen molar-refractivity contribution < 1.29 is 18.7 Å². The lowest BCUT2D eigenvalue weighted by atomic mass is 10.1. The summed E-state index contributed by atoms with van der Waals surface area (Å²) in [5.41, 5.74) is 2.04. The number of Topliss-reactive ketones (excluding diaryl/α,β-unsaturated/α-hetero) is 1. The van der Waals surface area contributed by atoms with Gasteiger partial charge in [0.05, 0.1) is 15.7 Å². The Morgan fingerprint density at radius 3 is 2.45 bits per heavy atom. The lowest BCUT2D eigenvalue weighted by Gasteiger charge is -2.36. The predicted octanol–water partition coefficient (Wildman–Crippen LogP) is 4.92. The molecule has 0 aliphatic carbocycles. The maximum Gasteiger partial charge on any atom is 0.260 e. The van der Waals surface area contributed by atoms with E-state index in [1.165, 1.54) is 13.0 Å². The highest BCUT2D eigenvalue weighted by atomic mass is 35.5. The van der Waals surface area contributed by atoms with Gasteiger partial charge in [-0.05, 0) is 50.2 Å². The number of fused-ring (bicyclic) bond motifs is 1. The van der Waals surface area contributed by atoms with Crippen LogP contribution in [0.2, 0.25) is 10.0 Å². The van der Waals surface area contributed by atoms with Crippen LogP contribution >= 0.6 is 23.2 Å². The molecule has 0 N–H and O–H groups in total. The molecule has 0 spiro atoms. The number of pyridine rings is 1. The Kier molecular flexibility index (Phi) is 6.72. The molecule has 0 unspecified atom stereocenters. The Morgan fingerprint density at radius 2 is 1.79 bits per heavy atom. The molecule has 1 amide bonds. The van der Waals surface area contributed by atoms with Crippen LogP contribution in [-0.4, -0.2) is 54.4 Å². The molecule has 0 bridgehead atoms. The molecule has 0 atom stereocenters. The van der Waals surface area contributed by atoms with Crippen molar-refractivity contribution in [1.29, 1.82) is 0 Å². The van der Waals surface area contributed by atoms with Gasteiger partial charge in [-0.25, -0.2) is 9.37 Å². The number of rotatable bonds is 5. The number of ketones is 1. The fourth-order valence-electron chi connectivity index (χ4n) is 3.83. The molecule has 1 fully saturated rings. The summed E-state index contributed by atoms with van der Waals surface area (Å²) in [4.78, 5) is 32.2. The van der Waals surface area contributed by atoms with Gasteiger partial charge in [0, 0.05) is 42.8 Å². The Bertz CT molecular complexity index is 1240. The summed E-state index contributed by atoms with van der Waals surface area (Å²) >= 11 is 12.6. The van der Waals surface area contributed by atoms with E-state index in [0.717, 1.165) is 5.69 Å². The number of hydrogen-bond donors (Lipinski definition) is 0. The Hall–Kier alpha value is -2.90. The van der Waals surface area contributed by atoms with Crippen LogP contribution in [-0.2, 0) is 4.79 Å². The summed E-state index contributed by atoms with van der Waals surface area (Å²) in [5.74, 6) is -0.513. The molecule has 1 aromatic heterocycles. The minimum absolute atomic E-state index is 0.185. The second-order valence-electron chi connectivity index (χ2n) is 7.90. The highest BCUT2D eigenvalue weighted by molar-refractivity contribution is 6.39. The molecule has 0 saturated carbocycles. The van der Waals surface area contributed by atoms with Gasteiger partial charge in [0.25, 0.3) is 5.91 Å². The van der Waals surface area contributed by atoms with E-state index in [4.69, 9.17) is 27.9 Å². The Balaban J connectivity index is 1.41. The van der Waals surface area contributed by atoms with Crippen LogP contribution in [0.5, 0.6) is 5.75 Å². The minimum atomic E-state index is -0.446. The van der Waals surface area contributed by atoms with E-state index in [1.807, 2.05) is 24.0 Å². The normalized spacial score (nSPS) is 14.0. The molecule has 33 heavy (non-hydrogen) atoms. The number of aryl methyl sites for hydroxylation is 1. The van der Waals surface area contributed by atoms with Gasteiger partial charge in [0.2, 0.25) is 0 Å². The topological polar surface area (TPSA) is 62.7 Å². The molecule has 3 aromatic rings. The summed E-state index contributed by atoms with van der Waals surface area (Å²) in [6.45, 7) is 4.82. The van der Waals surface area contributed by atoms with E-state index in [9.17, 15) is 14.0 Å². The molecule has 4 rings (SSSR count). The maximum atomic E-state index is 14.5. The average molecular weight is 490 g/mol. The quantitative estimate of drug-likeness (QED) is 0.476. The van der Waals surface area contributed by atoms with Crippen molar-refractivity contribution >= 4 is 51.5 Å². The fourth-order valence-corrected chi connectivity index (χ4v) is 4.40. The van der Waals surface area contributed by atoms with Gasteiger partial charge < -0.3 is 14.5 Å². The summed E-state index contributed by atoms with van der Waals surface area (Å²) in [6, 6.07) is 9.72. The first-order valence-electron chi connectivity index (χ1n) is 10.5. The van der Waals surface area contributed by atoms with Crippen LogP contribution in [0.3, 0.4) is 0 Å². The van der Waals surface area contributed by atoms with Crippen molar-refractivity contribution in [2.24, 2.45) is 0 Å². The molecular weight excluding hydrogens is 468 g/mol. The lowest BCUT2D eigenvalue weighted by Crippen LogP contribution is -2.50. The second-order valence-corrected chi connectivity index (χ2v) is 8.71. The third-order valence-corrected chi connectivity index (χ3v) is 6.24. The lowest BCUT2D eigenvalue weighted by molar-refractivity contribution is -0.133. The van der Waals surface area contributed by atoms with Gasteiger partial charge >= 0.3 is 0 Å². The van der Waals surface area contributed by atoms with Gasteiger partial charge in [-0.15, -0.1) is 0 Å². The van der Waals surface area contributed by atoms with E-state index < -0.39 is 5.82 Å². The predicted molar refractivity (Wildman–Crippen MR) is 127 cm³/mol. The number of benzene rings is 2. The molecule has 1 aliphatic heterocycles. The summed E-state index contributed by atoms with van der Waals surface area (Å²) < 4.78 is 20.3. The van der Waals surface area contributed by atoms with Crippen molar-refractivity contribution in [1.82, 2.24) is 9.88 Å². The first-order valence-corrected chi connectivity index (χ1v) is 11.2. The SMILES string of the molecule is CC(=O)c1ccc(N2CCN(C(=O)COc3c(Cl)cc(Cl)c4ccc(C)nc34)CC2)c(F)c1. The molecule has 172 valence electrons. The largest absolute Gasteiger partial charge is 0.480 e. The average Bonchev–Trinajstić information content (AvgIpc) is 2.78. The first kappa shape index (κ1) is 23.3. The van der Waals surface area contributed by atoms with Crippen LogP contribution in [0, 0.1) is 12.7 Å². The van der Waals surface area contributed by atoms with Gasteiger partial charge in [0.1, 0.15) is 11.3 Å². The molecule has 9 heteroatoms. The number of aromatic nitrogens is 1. The monoisotopic (exact) mass is 489 g/mol. The van der Waals surface area contributed by atoms with Gasteiger partial charge in [-0.2, -0.15) is 0 Å². The van der Waals surface area contributed by atoms with Crippen LogP contribution < -0.4 is 9.64 Å². The molecule has 1 aliphatic rings. The zero-order chi connectivity index (χ0) is 23.7. The maximum absolute atomic E-state index is 14.5. The number of carbonyl (C=O) groups excluding carboxylic acids is 2. The molecule has 6 nitrogen and oxygen atoms in total. The smallest absolute Gasteiger partial charge is 0.260 e. The van der Waals surface area contributed by atoms with Crippen LogP contribution in [0.15, 0.2) is 36.4 Å². The number of carbonyl (C=O) groups is 2. The number of ether oxygens (including phenoxy) is 1. The van der Waals surface area contributed by atoms with Crippen molar-refractivity contribution in [2.45, 2.75) is 13.8 Å². The number of hydrogen-bond acceptors (Lipinski definition) is 5. The van der Waals surface area contributed by atoms with Crippen molar-refractivity contribution in [2.75, 3.05) is 37.7 Å². The first-order chi connectivity index (χ1) is 15.7. The number of anilines is 1. The van der Waals surface area contributed by atoms with Crippen LogP contribution in [0.25, 0.3) is 10.9 Å². The number of amides is 1. The molecule has 0 radical (unpaired) electrons. The standard InChI is InChI=1S/C24H22Cl2FN3O3/c1-14-3-5-17-18(25)12-19(26)24(23(17)28-14)33-13-22(32)30-9-7-29(8-10-30)21-6-4-16(15(2)31)11-20(21)27/h3-6,11-12H,7-10,13H2,1-2H3. The zero-order valence-electron chi connectivity index (χ0n) is 18.2. The molecule has 2 heterocycles. The van der Waals surface area contributed by atoms with Crippen LogP contribution in [0.4, 0.5) is 10.1 Å². The molecular formula is C24H22Cl2FN3O3. The summed E-state index contributed by atoms with van der Waals surface area (Å²) in [7, 11) is 0. The number of piperazine rings is 1. The summed E-state index contributed by atoms with van der Waals surface area (Å²) in [6.07, 6.45) is 0. The zero-order valence-corrected chi connectivity index (χ0v) is 19.7. The van der Waals surface area contributed by atoms with E-state index >= 15 is 0 Å². The van der Waals surface area contributed by atoms with Gasteiger partial charge in [-0.3, -0.25) is 9.59 Å². The Morgan fingerprint density at radius 1 is 1.06 bits per heavy atom. The fraction of sp³-hybridized carbons (Fsp3) is 0.292. The highest BCUT2D eigenvalue weighted by Crippen LogP contribution is 2.37. The number of nitrogens with zero attached hydrogens (tertiary/aromatic N) is 3. The highest BCUT2D eigenvalue weighted by Gasteiger charge is 2.24. The third kappa shape index (κ3) is 4.89. The number of halogens is 3. The Labute approximate surface area is 200 Å². The van der Waals surface area contributed by atoms with Crippen molar-refractivity contribution in [3.05, 3.63) is 63.5 Å². The third-order valence-electron chi connectivity index (χ3n) is 5.64. The minimum Gasteiger partial charge on any atom is -0.480 e. The van der Waals surface area contributed by atoms with E-state index in [-0.39, 0.29) is 23.3 Å². The summed E-state index contributed by atoms with van der Waals surface area (Å²) in [5, 5.41) is 1.44. The van der Waals surface area contributed by atoms with E-state index in [2.05, 4.69) is 4.98 Å². The molecule has 2 aromatic carbocycles. The molecule has 1 saturated heterocycles. The van der Waals surface area contributed by atoms with Gasteiger partial charge in [0.15, 0.2) is 18.1 Å². The van der Waals surface area contributed by atoms with Gasteiger partial charge in [-0.1, -0.05) is 23.2 Å². The second kappa shape index (κ2) is 9.53. The van der Waals surface area contributed by atoms with Crippen LogP contribution in [0.1, 0.15) is 23.0 Å². The van der Waals surface area contributed by atoms with E-state index in [0.29, 0.717) is 59.1 Å². The van der Waals surface area contributed by atoms with Crippen molar-refractivity contribution in [3.63, 3.8) is 0 Å².